The highest BCUT2D eigenvalue weighted by molar-refractivity contribution is 9.10. The Balaban J connectivity index is 3.04. The van der Waals surface area contributed by atoms with Crippen LogP contribution in [0.15, 0.2) is 16.7 Å². The van der Waals surface area contributed by atoms with Gasteiger partial charge in [0.15, 0.2) is 0 Å². The lowest BCUT2D eigenvalue weighted by atomic mass is 10.3. The molecule has 1 heterocycles. The van der Waals surface area contributed by atoms with Crippen molar-refractivity contribution in [1.82, 2.24) is 4.98 Å². The van der Waals surface area contributed by atoms with Crippen LogP contribution >= 0.6 is 15.9 Å². The minimum Gasteiger partial charge on any atom is -0.267 e. The number of aryl methyl sites for hydroxylation is 1. The molecule has 0 aliphatic heterocycles. The van der Waals surface area contributed by atoms with Crippen LogP contribution in [0.5, 0.6) is 0 Å². The second-order valence-corrected chi connectivity index (χ2v) is 5.36. The van der Waals surface area contributed by atoms with E-state index in [1.807, 2.05) is 0 Å². The Kier molecular flexibility index (Phi) is 2.92. The predicted octanol–water partition coefficient (Wildman–Crippen LogP) is 1.52. The molecule has 0 spiro atoms. The zero-order chi connectivity index (χ0) is 10.1. The summed E-state index contributed by atoms with van der Waals surface area (Å²) in [5, 5.41) is 0. The second-order valence-electron chi connectivity index (χ2n) is 2.69. The molecular formula is C7H9BrN2O2S. The van der Waals surface area contributed by atoms with Gasteiger partial charge in [0.25, 0.3) is 0 Å². The number of halogens is 1. The molecule has 1 aromatic rings. The summed E-state index contributed by atoms with van der Waals surface area (Å²) in [6.45, 7) is 1.78. The number of rotatable bonds is 2. The normalized spacial score (nSPS) is 11.3. The average molecular weight is 265 g/mol. The monoisotopic (exact) mass is 264 g/mol. The van der Waals surface area contributed by atoms with Gasteiger partial charge < -0.3 is 0 Å². The van der Waals surface area contributed by atoms with Gasteiger partial charge in [-0.1, -0.05) is 0 Å². The maximum Gasteiger partial charge on any atom is 0.230 e. The van der Waals surface area contributed by atoms with Gasteiger partial charge in [0.2, 0.25) is 10.0 Å². The molecule has 6 heteroatoms. The van der Waals surface area contributed by atoms with E-state index in [9.17, 15) is 8.42 Å². The molecule has 72 valence electrons. The molecule has 0 aliphatic carbocycles. The molecule has 0 saturated heterocycles. The Bertz CT molecular complexity index is 417. The molecule has 0 unspecified atom stereocenters. The summed E-state index contributed by atoms with van der Waals surface area (Å²) >= 11 is 3.24. The van der Waals surface area contributed by atoms with Crippen molar-refractivity contribution in [3.05, 3.63) is 22.3 Å². The molecule has 0 radical (unpaired) electrons. The fraction of sp³-hybridized carbons (Fsp3) is 0.286. The molecule has 0 aliphatic rings. The minimum absolute atomic E-state index is 0.366. The van der Waals surface area contributed by atoms with Crippen molar-refractivity contribution >= 4 is 31.8 Å². The van der Waals surface area contributed by atoms with Crippen LogP contribution in [0.25, 0.3) is 0 Å². The standard InChI is InChI=1S/C7H9BrN2O2S/c1-5-3-6(8)4-9-7(5)10-13(2,11)12/h3-4H,1-2H3,(H,9,10). The Morgan fingerprint density at radius 3 is 2.62 bits per heavy atom. The first-order valence-corrected chi connectivity index (χ1v) is 6.17. The fourth-order valence-electron chi connectivity index (χ4n) is 0.823. The van der Waals surface area contributed by atoms with Crippen molar-refractivity contribution < 1.29 is 8.42 Å². The van der Waals surface area contributed by atoms with Crippen LogP contribution in [0.4, 0.5) is 5.82 Å². The predicted molar refractivity (Wildman–Crippen MR) is 55.1 cm³/mol. The third-order valence-electron chi connectivity index (χ3n) is 1.33. The summed E-state index contributed by atoms with van der Waals surface area (Å²) < 4.78 is 24.9. The van der Waals surface area contributed by atoms with Crippen molar-refractivity contribution in [2.45, 2.75) is 6.92 Å². The Morgan fingerprint density at radius 1 is 1.54 bits per heavy atom. The van der Waals surface area contributed by atoms with Gasteiger partial charge in [-0.15, -0.1) is 0 Å². The van der Waals surface area contributed by atoms with Gasteiger partial charge >= 0.3 is 0 Å². The summed E-state index contributed by atoms with van der Waals surface area (Å²) in [5.41, 5.74) is 0.778. The number of sulfonamides is 1. The van der Waals surface area contributed by atoms with Crippen molar-refractivity contribution in [1.29, 1.82) is 0 Å². The zero-order valence-corrected chi connectivity index (χ0v) is 9.61. The maximum absolute atomic E-state index is 10.9. The molecule has 1 aromatic heterocycles. The SMILES string of the molecule is Cc1cc(Br)cnc1NS(C)(=O)=O. The summed E-state index contributed by atoms with van der Waals surface area (Å²) in [4.78, 5) is 3.93. The highest BCUT2D eigenvalue weighted by Crippen LogP contribution is 2.17. The van der Waals surface area contributed by atoms with Crippen LogP contribution in [-0.2, 0) is 10.0 Å². The van der Waals surface area contributed by atoms with Gasteiger partial charge in [0.05, 0.1) is 6.26 Å². The van der Waals surface area contributed by atoms with Crippen molar-refractivity contribution in [2.75, 3.05) is 11.0 Å². The molecule has 4 nitrogen and oxygen atoms in total. The number of nitrogens with zero attached hydrogens (tertiary/aromatic N) is 1. The molecular weight excluding hydrogens is 256 g/mol. The molecule has 0 aromatic carbocycles. The van der Waals surface area contributed by atoms with Crippen LogP contribution in [0.2, 0.25) is 0 Å². The van der Waals surface area contributed by atoms with Gasteiger partial charge in [-0.25, -0.2) is 13.4 Å². The third kappa shape index (κ3) is 3.31. The van der Waals surface area contributed by atoms with Crippen molar-refractivity contribution in [3.8, 4) is 0 Å². The van der Waals surface area contributed by atoms with Crippen LogP contribution in [0.3, 0.4) is 0 Å². The summed E-state index contributed by atoms with van der Waals surface area (Å²) in [6.07, 6.45) is 2.64. The van der Waals surface area contributed by atoms with Crippen LogP contribution in [-0.4, -0.2) is 19.7 Å². The van der Waals surface area contributed by atoms with Gasteiger partial charge in [-0.2, -0.15) is 0 Å². The zero-order valence-electron chi connectivity index (χ0n) is 7.20. The number of anilines is 1. The number of aromatic nitrogens is 1. The van der Waals surface area contributed by atoms with E-state index < -0.39 is 10.0 Å². The van der Waals surface area contributed by atoms with E-state index in [1.165, 1.54) is 0 Å². The quantitative estimate of drug-likeness (QED) is 0.882. The molecule has 0 saturated carbocycles. The first-order chi connectivity index (χ1) is 5.88. The van der Waals surface area contributed by atoms with E-state index in [4.69, 9.17) is 0 Å². The fourth-order valence-corrected chi connectivity index (χ4v) is 1.83. The Morgan fingerprint density at radius 2 is 2.15 bits per heavy atom. The number of hydrogen-bond donors (Lipinski definition) is 1. The number of pyridine rings is 1. The minimum atomic E-state index is -3.24. The van der Waals surface area contributed by atoms with E-state index in [0.717, 1.165) is 16.3 Å². The lowest BCUT2D eigenvalue weighted by molar-refractivity contribution is 0.606. The Hall–Kier alpha value is -0.620. The van der Waals surface area contributed by atoms with Crippen molar-refractivity contribution in [2.24, 2.45) is 0 Å². The smallest absolute Gasteiger partial charge is 0.230 e. The molecule has 0 fully saturated rings. The molecule has 0 bridgehead atoms. The summed E-state index contributed by atoms with van der Waals surface area (Å²) in [5.74, 6) is 0.366. The van der Waals surface area contributed by atoms with Gasteiger partial charge in [0, 0.05) is 10.7 Å². The maximum atomic E-state index is 10.9. The van der Waals surface area contributed by atoms with E-state index in [1.54, 1.807) is 19.2 Å². The van der Waals surface area contributed by atoms with Gasteiger partial charge in [-0.3, -0.25) is 4.72 Å². The summed E-state index contributed by atoms with van der Waals surface area (Å²) in [6, 6.07) is 1.79. The average Bonchev–Trinajstić information content (AvgIpc) is 1.93. The lowest BCUT2D eigenvalue weighted by Gasteiger charge is -2.05. The van der Waals surface area contributed by atoms with E-state index in [0.29, 0.717) is 5.82 Å². The van der Waals surface area contributed by atoms with Crippen LogP contribution in [0.1, 0.15) is 5.56 Å². The highest BCUT2D eigenvalue weighted by atomic mass is 79.9. The molecule has 1 rings (SSSR count). The summed E-state index contributed by atoms with van der Waals surface area (Å²) in [7, 11) is -3.24. The molecule has 13 heavy (non-hydrogen) atoms. The highest BCUT2D eigenvalue weighted by Gasteiger charge is 2.05. The van der Waals surface area contributed by atoms with Crippen LogP contribution < -0.4 is 4.72 Å². The first-order valence-electron chi connectivity index (χ1n) is 3.48. The van der Waals surface area contributed by atoms with Crippen LogP contribution in [0, 0.1) is 6.92 Å². The topological polar surface area (TPSA) is 59.1 Å². The first kappa shape index (κ1) is 10.5. The van der Waals surface area contributed by atoms with E-state index in [-0.39, 0.29) is 0 Å². The Labute approximate surface area is 85.6 Å². The van der Waals surface area contributed by atoms with Gasteiger partial charge in [-0.05, 0) is 34.5 Å². The number of nitrogens with one attached hydrogen (secondary N) is 1. The van der Waals surface area contributed by atoms with Gasteiger partial charge in [0.1, 0.15) is 5.82 Å². The van der Waals surface area contributed by atoms with Crippen molar-refractivity contribution in [3.63, 3.8) is 0 Å². The second kappa shape index (κ2) is 3.63. The number of hydrogen-bond acceptors (Lipinski definition) is 3. The molecule has 0 amide bonds. The van der Waals surface area contributed by atoms with E-state index in [2.05, 4.69) is 25.6 Å². The molecule has 1 N–H and O–H groups in total. The lowest BCUT2D eigenvalue weighted by Crippen LogP contribution is -2.11. The van der Waals surface area contributed by atoms with E-state index >= 15 is 0 Å². The molecule has 0 atom stereocenters. The largest absolute Gasteiger partial charge is 0.267 e. The third-order valence-corrected chi connectivity index (χ3v) is 2.32.